The molecule has 0 spiro atoms. The van der Waals surface area contributed by atoms with Crippen molar-refractivity contribution in [1.82, 2.24) is 19.9 Å². The zero-order chi connectivity index (χ0) is 23.5. The van der Waals surface area contributed by atoms with Gasteiger partial charge in [-0.25, -0.2) is 4.98 Å². The van der Waals surface area contributed by atoms with Crippen LogP contribution in [0.1, 0.15) is 66.7 Å². The number of aryl methyl sites for hydroxylation is 1. The summed E-state index contributed by atoms with van der Waals surface area (Å²) in [7, 11) is 0. The van der Waals surface area contributed by atoms with Gasteiger partial charge in [-0.2, -0.15) is 0 Å². The fourth-order valence-electron chi connectivity index (χ4n) is 5.18. The fourth-order valence-corrected chi connectivity index (χ4v) is 5.98. The van der Waals surface area contributed by atoms with Gasteiger partial charge < -0.3 is 14.6 Å². The highest BCUT2D eigenvalue weighted by Crippen LogP contribution is 2.34. The number of rotatable bonds is 7. The van der Waals surface area contributed by atoms with E-state index in [0.717, 1.165) is 64.9 Å². The summed E-state index contributed by atoms with van der Waals surface area (Å²) in [6.45, 7) is 6.37. The molecule has 1 N–H and O–H groups in total. The van der Waals surface area contributed by atoms with E-state index in [2.05, 4.69) is 33.2 Å². The van der Waals surface area contributed by atoms with Gasteiger partial charge in [0.05, 0.1) is 23.1 Å². The molecule has 0 bridgehead atoms. The van der Waals surface area contributed by atoms with Gasteiger partial charge in [-0.1, -0.05) is 19.3 Å². The molecule has 1 aliphatic heterocycles. The molecule has 1 amide bonds. The van der Waals surface area contributed by atoms with Crippen LogP contribution in [-0.2, 0) is 11.3 Å². The molecule has 3 aromatic heterocycles. The first-order chi connectivity index (χ1) is 16.6. The number of pyridine rings is 1. The Hall–Kier alpha value is -2.51. The molecule has 180 valence electrons. The van der Waals surface area contributed by atoms with Gasteiger partial charge in [-0.15, -0.1) is 11.3 Å². The van der Waals surface area contributed by atoms with E-state index >= 15 is 0 Å². The van der Waals surface area contributed by atoms with Gasteiger partial charge in [0.1, 0.15) is 5.01 Å². The summed E-state index contributed by atoms with van der Waals surface area (Å²) < 4.78 is 8.02. The van der Waals surface area contributed by atoms with Crippen LogP contribution in [0.2, 0.25) is 0 Å². The number of aromatic nitrogens is 3. The van der Waals surface area contributed by atoms with Gasteiger partial charge >= 0.3 is 0 Å². The lowest BCUT2D eigenvalue weighted by Crippen LogP contribution is -2.32. The molecule has 1 saturated heterocycles. The van der Waals surface area contributed by atoms with Crippen LogP contribution in [0, 0.1) is 19.8 Å². The molecular weight excluding hydrogens is 444 g/mol. The van der Waals surface area contributed by atoms with Crippen molar-refractivity contribution in [1.29, 1.82) is 0 Å². The molecule has 0 radical (unpaired) electrons. The lowest BCUT2D eigenvalue weighted by Gasteiger charge is -2.24. The van der Waals surface area contributed by atoms with Crippen molar-refractivity contribution in [3.63, 3.8) is 0 Å². The third-order valence-corrected chi connectivity index (χ3v) is 8.11. The fraction of sp³-hybridized carbons (Fsp3) is 0.519. The van der Waals surface area contributed by atoms with Crippen LogP contribution in [0.25, 0.3) is 22.0 Å². The summed E-state index contributed by atoms with van der Waals surface area (Å²) in [5.41, 5.74) is 5.76. The Morgan fingerprint density at radius 3 is 2.76 bits per heavy atom. The average molecular weight is 479 g/mol. The highest BCUT2D eigenvalue weighted by molar-refractivity contribution is 7.13. The highest BCUT2D eigenvalue weighted by atomic mass is 32.1. The number of hydrogen-bond donors (Lipinski definition) is 1. The van der Waals surface area contributed by atoms with Crippen molar-refractivity contribution in [2.24, 2.45) is 5.92 Å². The van der Waals surface area contributed by atoms with Crippen LogP contribution in [-0.4, -0.2) is 39.7 Å². The second-order valence-electron chi connectivity index (χ2n) is 9.71. The van der Waals surface area contributed by atoms with Gasteiger partial charge in [0, 0.05) is 48.2 Å². The summed E-state index contributed by atoms with van der Waals surface area (Å²) in [6, 6.07) is 6.12. The number of hydrogen-bond acceptors (Lipinski definition) is 5. The van der Waals surface area contributed by atoms with Crippen molar-refractivity contribution in [2.45, 2.75) is 71.4 Å². The third-order valence-electron chi connectivity index (χ3n) is 7.22. The molecule has 2 fully saturated rings. The van der Waals surface area contributed by atoms with Crippen molar-refractivity contribution < 1.29 is 9.53 Å². The molecule has 1 atom stereocenters. The maximum atomic E-state index is 13.2. The maximum absolute atomic E-state index is 13.2. The summed E-state index contributed by atoms with van der Waals surface area (Å²) >= 11 is 1.63. The van der Waals surface area contributed by atoms with E-state index < -0.39 is 0 Å². The summed E-state index contributed by atoms with van der Waals surface area (Å²) in [6.07, 6.45) is 10.6. The normalized spacial score (nSPS) is 18.9. The molecule has 7 heteroatoms. The SMILES string of the molecule is Cc1ccc(-c2nc(-c3cc(C(=O)NCC4CCCO4)c(C)n3CC3CCCCC3)cs2)cn1. The van der Waals surface area contributed by atoms with Crippen molar-refractivity contribution >= 4 is 17.2 Å². The topological polar surface area (TPSA) is 69.0 Å². The predicted octanol–water partition coefficient (Wildman–Crippen LogP) is 5.78. The Kier molecular flexibility index (Phi) is 7.11. The molecule has 1 aliphatic carbocycles. The molecule has 34 heavy (non-hydrogen) atoms. The minimum Gasteiger partial charge on any atom is -0.376 e. The quantitative estimate of drug-likeness (QED) is 0.467. The smallest absolute Gasteiger partial charge is 0.253 e. The zero-order valence-electron chi connectivity index (χ0n) is 20.2. The number of carbonyl (C=O) groups excluding carboxylic acids is 1. The number of amides is 1. The Bertz CT molecular complexity index is 1120. The van der Waals surface area contributed by atoms with E-state index in [-0.39, 0.29) is 12.0 Å². The molecule has 6 nitrogen and oxygen atoms in total. The zero-order valence-corrected chi connectivity index (χ0v) is 21.0. The monoisotopic (exact) mass is 478 g/mol. The Morgan fingerprint density at radius 1 is 1.18 bits per heavy atom. The van der Waals surface area contributed by atoms with Crippen LogP contribution in [0.4, 0.5) is 0 Å². The molecule has 4 heterocycles. The van der Waals surface area contributed by atoms with Crippen molar-refractivity contribution in [3.05, 3.63) is 46.7 Å². The molecule has 5 rings (SSSR count). The number of nitrogens with one attached hydrogen (secondary N) is 1. The van der Waals surface area contributed by atoms with E-state index in [4.69, 9.17) is 9.72 Å². The molecule has 1 saturated carbocycles. The summed E-state index contributed by atoms with van der Waals surface area (Å²) in [5.74, 6) is 0.635. The standard InChI is InChI=1S/C27H34N4O2S/c1-18-10-11-21(14-28-18)27-30-24(17-34-27)25-13-23(26(32)29-15-22-9-6-12-33-22)19(2)31(25)16-20-7-4-3-5-8-20/h10-11,13-14,17,20,22H,3-9,12,15-16H2,1-2H3,(H,29,32). The molecule has 1 unspecified atom stereocenters. The van der Waals surface area contributed by atoms with Gasteiger partial charge in [0.2, 0.25) is 0 Å². The van der Waals surface area contributed by atoms with E-state index in [1.54, 1.807) is 11.3 Å². The Morgan fingerprint density at radius 2 is 2.03 bits per heavy atom. The van der Waals surface area contributed by atoms with Gasteiger partial charge in [-0.05, 0) is 63.6 Å². The molecule has 3 aromatic rings. The second kappa shape index (κ2) is 10.4. The van der Waals surface area contributed by atoms with Crippen LogP contribution in [0.3, 0.4) is 0 Å². The Balaban J connectivity index is 1.44. The van der Waals surface area contributed by atoms with Crippen molar-refractivity contribution in [3.8, 4) is 22.0 Å². The van der Waals surface area contributed by atoms with E-state index in [0.29, 0.717) is 12.5 Å². The molecule has 0 aromatic carbocycles. The van der Waals surface area contributed by atoms with E-state index in [1.807, 2.05) is 25.3 Å². The van der Waals surface area contributed by atoms with Crippen LogP contribution < -0.4 is 5.32 Å². The lowest BCUT2D eigenvalue weighted by molar-refractivity contribution is 0.0857. The molecule has 2 aliphatic rings. The number of carbonyl (C=O) groups is 1. The second-order valence-corrected chi connectivity index (χ2v) is 10.6. The predicted molar refractivity (Wildman–Crippen MR) is 136 cm³/mol. The molecular formula is C27H34N4O2S. The van der Waals surface area contributed by atoms with Crippen LogP contribution in [0.5, 0.6) is 0 Å². The lowest BCUT2D eigenvalue weighted by atomic mass is 9.89. The first-order valence-electron chi connectivity index (χ1n) is 12.6. The highest BCUT2D eigenvalue weighted by Gasteiger charge is 2.24. The number of nitrogens with zero attached hydrogens (tertiary/aromatic N) is 3. The van der Waals surface area contributed by atoms with Crippen LogP contribution in [0.15, 0.2) is 29.8 Å². The van der Waals surface area contributed by atoms with Gasteiger partial charge in [0.25, 0.3) is 5.91 Å². The number of thiazole rings is 1. The van der Waals surface area contributed by atoms with E-state index in [9.17, 15) is 4.79 Å². The Labute approximate surface area is 205 Å². The van der Waals surface area contributed by atoms with Gasteiger partial charge in [0.15, 0.2) is 0 Å². The average Bonchev–Trinajstić information content (AvgIpc) is 3.61. The first kappa shape index (κ1) is 23.2. The minimum absolute atomic E-state index is 0.0187. The minimum atomic E-state index is -0.0187. The van der Waals surface area contributed by atoms with Crippen LogP contribution >= 0.6 is 11.3 Å². The largest absolute Gasteiger partial charge is 0.376 e. The first-order valence-corrected chi connectivity index (χ1v) is 13.5. The van der Waals surface area contributed by atoms with Gasteiger partial charge in [-0.3, -0.25) is 9.78 Å². The van der Waals surface area contributed by atoms with Crippen molar-refractivity contribution in [2.75, 3.05) is 13.2 Å². The van der Waals surface area contributed by atoms with E-state index in [1.165, 1.54) is 32.1 Å². The summed E-state index contributed by atoms with van der Waals surface area (Å²) in [5, 5.41) is 6.17. The third kappa shape index (κ3) is 5.10. The maximum Gasteiger partial charge on any atom is 0.253 e. The summed E-state index contributed by atoms with van der Waals surface area (Å²) in [4.78, 5) is 22.6. The number of ether oxygens (including phenoxy) is 1.